The number of likely N-dealkylation sites (tertiary alicyclic amines) is 1. The third-order valence-corrected chi connectivity index (χ3v) is 7.17. The Kier molecular flexibility index (Phi) is 6.25. The van der Waals surface area contributed by atoms with Crippen molar-refractivity contribution in [3.63, 3.8) is 0 Å². The number of halogens is 3. The second-order valence-corrected chi connectivity index (χ2v) is 9.43. The fourth-order valence-electron chi connectivity index (χ4n) is 5.19. The second kappa shape index (κ2) is 8.91. The summed E-state index contributed by atoms with van der Waals surface area (Å²) in [4.78, 5) is 34.9. The van der Waals surface area contributed by atoms with Gasteiger partial charge in [-0.25, -0.2) is 4.98 Å². The number of amides is 2. The van der Waals surface area contributed by atoms with Crippen molar-refractivity contribution in [2.75, 3.05) is 45.2 Å². The van der Waals surface area contributed by atoms with Crippen LogP contribution in [0.4, 0.5) is 18.9 Å². The van der Waals surface area contributed by atoms with Crippen molar-refractivity contribution in [1.29, 1.82) is 5.26 Å². The molecule has 2 saturated heterocycles. The lowest BCUT2D eigenvalue weighted by molar-refractivity contribution is -0.138. The van der Waals surface area contributed by atoms with Crippen LogP contribution in [0.15, 0.2) is 29.0 Å². The van der Waals surface area contributed by atoms with Crippen LogP contribution in [0.5, 0.6) is 0 Å². The summed E-state index contributed by atoms with van der Waals surface area (Å²) in [6.07, 6.45) is -2.40. The molecule has 1 unspecified atom stereocenters. The Morgan fingerprint density at radius 1 is 1.26 bits per heavy atom. The van der Waals surface area contributed by atoms with E-state index in [1.54, 1.807) is 36.9 Å². The molecule has 35 heavy (non-hydrogen) atoms. The molecule has 2 aliphatic heterocycles. The predicted octanol–water partition coefficient (Wildman–Crippen LogP) is 3.32. The first-order valence-corrected chi connectivity index (χ1v) is 11.2. The van der Waals surface area contributed by atoms with Crippen molar-refractivity contribution in [2.24, 2.45) is 11.3 Å². The fourth-order valence-corrected chi connectivity index (χ4v) is 5.19. The molecule has 4 rings (SSSR count). The smallest absolute Gasteiger partial charge is 0.417 e. The molecule has 1 atom stereocenters. The van der Waals surface area contributed by atoms with Crippen LogP contribution < -0.4 is 4.90 Å². The number of nitriles is 1. The first-order chi connectivity index (χ1) is 16.5. The van der Waals surface area contributed by atoms with Crippen LogP contribution in [-0.4, -0.2) is 66.9 Å². The lowest BCUT2D eigenvalue weighted by Crippen LogP contribution is -2.49. The fraction of sp³-hybridized carbons (Fsp3) is 0.500. The highest BCUT2D eigenvalue weighted by atomic mass is 19.4. The number of carbonyl (C=O) groups is 2. The quantitative estimate of drug-likeness (QED) is 0.657. The Morgan fingerprint density at radius 2 is 1.94 bits per heavy atom. The van der Waals surface area contributed by atoms with E-state index in [9.17, 15) is 22.8 Å². The van der Waals surface area contributed by atoms with Crippen molar-refractivity contribution in [2.45, 2.75) is 25.9 Å². The van der Waals surface area contributed by atoms with Gasteiger partial charge >= 0.3 is 6.18 Å². The van der Waals surface area contributed by atoms with E-state index in [0.29, 0.717) is 43.9 Å². The molecular formula is C24H26F3N5O3. The topological polar surface area (TPSA) is 93.7 Å². The summed E-state index contributed by atoms with van der Waals surface area (Å²) in [6, 6.07) is 5.26. The Bertz CT molecular complexity index is 1180. The van der Waals surface area contributed by atoms with Gasteiger partial charge < -0.3 is 19.1 Å². The Hall–Kier alpha value is -3.55. The van der Waals surface area contributed by atoms with Crippen LogP contribution in [0.3, 0.4) is 0 Å². The van der Waals surface area contributed by atoms with Gasteiger partial charge in [0.1, 0.15) is 0 Å². The zero-order valence-corrected chi connectivity index (χ0v) is 19.7. The summed E-state index contributed by atoms with van der Waals surface area (Å²) in [5.74, 6) is -0.607. The van der Waals surface area contributed by atoms with Gasteiger partial charge in [0, 0.05) is 51.4 Å². The number of aryl methyl sites for hydroxylation is 1. The van der Waals surface area contributed by atoms with Crippen molar-refractivity contribution in [1.82, 2.24) is 14.8 Å². The van der Waals surface area contributed by atoms with E-state index < -0.39 is 28.6 Å². The largest absolute Gasteiger partial charge is 0.438 e. The maximum Gasteiger partial charge on any atom is 0.417 e. The number of hydrogen-bond donors (Lipinski definition) is 0. The monoisotopic (exact) mass is 489 g/mol. The number of rotatable bonds is 3. The van der Waals surface area contributed by atoms with Gasteiger partial charge in [-0.15, -0.1) is 0 Å². The van der Waals surface area contributed by atoms with Gasteiger partial charge in [0.2, 0.25) is 11.7 Å². The molecule has 0 aliphatic carbocycles. The molecule has 1 aromatic heterocycles. The van der Waals surface area contributed by atoms with Crippen molar-refractivity contribution < 1.29 is 27.2 Å². The van der Waals surface area contributed by atoms with Crippen LogP contribution in [0.2, 0.25) is 0 Å². The normalized spacial score (nSPS) is 19.6. The van der Waals surface area contributed by atoms with Gasteiger partial charge in [-0.05, 0) is 38.0 Å². The van der Waals surface area contributed by atoms with Crippen LogP contribution in [0.25, 0.3) is 0 Å². The standard InChI is InChI=1S/C24H26F3N5O3/c1-15-20(35-14-29-15)22(34)31-8-6-23(7-9-31)13-32(12-19(23)21(33)30(2)3)17-5-4-16(11-28)18(10-17)24(25,26)27/h4-5,10,14,19H,6-9,12-13H2,1-3H3. The SMILES string of the molecule is Cc1ncoc1C(=O)N1CCC2(CC1)CN(c1ccc(C#N)c(C(F)(F)F)c1)CC2C(=O)N(C)C. The zero-order valence-electron chi connectivity index (χ0n) is 19.7. The van der Waals surface area contributed by atoms with E-state index in [-0.39, 0.29) is 24.1 Å². The first-order valence-electron chi connectivity index (χ1n) is 11.2. The molecule has 2 fully saturated rings. The van der Waals surface area contributed by atoms with Crippen molar-refractivity contribution in [3.05, 3.63) is 47.2 Å². The molecule has 0 radical (unpaired) electrons. The van der Waals surface area contributed by atoms with E-state index >= 15 is 0 Å². The number of alkyl halides is 3. The second-order valence-electron chi connectivity index (χ2n) is 9.43. The van der Waals surface area contributed by atoms with Gasteiger partial charge in [-0.2, -0.15) is 18.4 Å². The Labute approximate surface area is 200 Å². The minimum atomic E-state index is -4.66. The predicted molar refractivity (Wildman–Crippen MR) is 119 cm³/mol. The van der Waals surface area contributed by atoms with Crippen LogP contribution in [0, 0.1) is 29.6 Å². The van der Waals surface area contributed by atoms with E-state index in [2.05, 4.69) is 4.98 Å². The molecule has 8 nitrogen and oxygen atoms in total. The number of nitrogens with zero attached hydrogens (tertiary/aromatic N) is 5. The molecule has 3 heterocycles. The van der Waals surface area contributed by atoms with Crippen LogP contribution in [0.1, 0.15) is 40.2 Å². The highest BCUT2D eigenvalue weighted by molar-refractivity contribution is 5.92. The molecule has 11 heteroatoms. The van der Waals surface area contributed by atoms with Crippen molar-refractivity contribution in [3.8, 4) is 6.07 Å². The number of hydrogen-bond acceptors (Lipinski definition) is 6. The highest BCUT2D eigenvalue weighted by Crippen LogP contribution is 2.47. The van der Waals surface area contributed by atoms with Crippen LogP contribution in [-0.2, 0) is 11.0 Å². The molecule has 2 aromatic rings. The van der Waals surface area contributed by atoms with E-state index in [0.717, 1.165) is 6.07 Å². The lowest BCUT2D eigenvalue weighted by Gasteiger charge is -2.42. The molecule has 0 saturated carbocycles. The van der Waals surface area contributed by atoms with Gasteiger partial charge in [0.05, 0.1) is 28.8 Å². The first kappa shape index (κ1) is 24.6. The third kappa shape index (κ3) is 4.45. The molecular weight excluding hydrogens is 463 g/mol. The molecule has 0 bridgehead atoms. The minimum Gasteiger partial charge on any atom is -0.438 e. The molecule has 1 aromatic carbocycles. The Balaban J connectivity index is 1.60. The maximum absolute atomic E-state index is 13.5. The average Bonchev–Trinajstić information content (AvgIpc) is 3.41. The molecule has 186 valence electrons. The summed E-state index contributed by atoms with van der Waals surface area (Å²) >= 11 is 0. The minimum absolute atomic E-state index is 0.0944. The number of benzene rings is 1. The molecule has 2 aliphatic rings. The average molecular weight is 489 g/mol. The zero-order chi connectivity index (χ0) is 25.5. The molecule has 1 spiro atoms. The molecule has 2 amide bonds. The summed E-state index contributed by atoms with van der Waals surface area (Å²) in [5.41, 5.74) is -1.10. The summed E-state index contributed by atoms with van der Waals surface area (Å²) < 4.78 is 45.9. The number of aromatic nitrogens is 1. The van der Waals surface area contributed by atoms with Gasteiger partial charge in [-0.3, -0.25) is 9.59 Å². The highest BCUT2D eigenvalue weighted by Gasteiger charge is 2.52. The van der Waals surface area contributed by atoms with Crippen molar-refractivity contribution >= 4 is 17.5 Å². The third-order valence-electron chi connectivity index (χ3n) is 7.17. The van der Waals surface area contributed by atoms with Gasteiger partial charge in [-0.1, -0.05) is 0 Å². The Morgan fingerprint density at radius 3 is 2.49 bits per heavy atom. The lowest BCUT2D eigenvalue weighted by atomic mass is 9.70. The number of carbonyl (C=O) groups excluding carboxylic acids is 2. The van der Waals surface area contributed by atoms with Crippen LogP contribution >= 0.6 is 0 Å². The number of oxazole rings is 1. The van der Waals surface area contributed by atoms with Gasteiger partial charge in [0.25, 0.3) is 5.91 Å². The van der Waals surface area contributed by atoms with E-state index in [4.69, 9.17) is 9.68 Å². The van der Waals surface area contributed by atoms with Gasteiger partial charge in [0.15, 0.2) is 6.39 Å². The summed E-state index contributed by atoms with van der Waals surface area (Å²) in [6.45, 7) is 3.12. The van der Waals surface area contributed by atoms with E-state index in [1.807, 2.05) is 0 Å². The number of piperidine rings is 1. The maximum atomic E-state index is 13.5. The number of anilines is 1. The van der Waals surface area contributed by atoms with E-state index in [1.165, 1.54) is 23.4 Å². The summed E-state index contributed by atoms with van der Waals surface area (Å²) in [5, 5.41) is 9.11. The summed E-state index contributed by atoms with van der Waals surface area (Å²) in [7, 11) is 3.32. The molecule has 0 N–H and O–H groups in total.